The van der Waals surface area contributed by atoms with Crippen LogP contribution in [0, 0.1) is 17.6 Å². The summed E-state index contributed by atoms with van der Waals surface area (Å²) in [6, 6.07) is 16.2. The van der Waals surface area contributed by atoms with Gasteiger partial charge in [0, 0.05) is 11.4 Å². The van der Waals surface area contributed by atoms with E-state index in [9.17, 15) is 38.2 Å². The minimum Gasteiger partial charge on any atom is -0.484 e. The Morgan fingerprint density at radius 2 is 1.53 bits per heavy atom. The van der Waals surface area contributed by atoms with E-state index in [4.69, 9.17) is 4.74 Å². The van der Waals surface area contributed by atoms with Crippen LogP contribution in [0.25, 0.3) is 0 Å². The first-order valence-corrected chi connectivity index (χ1v) is 15.1. The van der Waals surface area contributed by atoms with Crippen molar-refractivity contribution < 1.29 is 42.9 Å². The SMILES string of the molecule is CC(C)[C@@H](NC(=O)CNC(=O)COc1ccc([C@@H]2[C@@H](SC[C@H](O)c3ccc(F)cc3)C(=O)N2c2ccc(F)cc2)cc1)C(=O)O. The minimum atomic E-state index is -1.17. The average molecular weight is 642 g/mol. The van der Waals surface area contributed by atoms with Gasteiger partial charge in [-0.3, -0.25) is 14.4 Å². The maximum absolute atomic E-state index is 13.6. The van der Waals surface area contributed by atoms with Crippen molar-refractivity contribution in [1.29, 1.82) is 0 Å². The van der Waals surface area contributed by atoms with Gasteiger partial charge in [0.15, 0.2) is 6.61 Å². The standard InChI is InChI=1S/C32H33F2N3O7S/c1-18(2)28(32(42)43)36-26(39)15-35-27(40)16-44-24-13-5-20(6-14-24)29-30(31(41)37(29)23-11-9-22(34)10-12-23)45-17-25(38)19-3-7-21(33)8-4-19/h3-14,18,25,28-30,38H,15-17H2,1-2H3,(H,35,40)(H,36,39)(H,42,43)/t25-,28+,29+,30+/m0/s1. The number of carbonyl (C=O) groups is 4. The Balaban J connectivity index is 1.37. The molecule has 4 rings (SSSR count). The van der Waals surface area contributed by atoms with Gasteiger partial charge in [0.1, 0.15) is 28.7 Å². The molecule has 10 nitrogen and oxygen atoms in total. The molecule has 0 radical (unpaired) electrons. The predicted molar refractivity (Wildman–Crippen MR) is 164 cm³/mol. The molecule has 0 aliphatic carbocycles. The third-order valence-electron chi connectivity index (χ3n) is 7.13. The van der Waals surface area contributed by atoms with Gasteiger partial charge < -0.3 is 30.5 Å². The number of ether oxygens (including phenoxy) is 1. The lowest BCUT2D eigenvalue weighted by molar-refractivity contribution is -0.143. The minimum absolute atomic E-state index is 0.179. The van der Waals surface area contributed by atoms with Gasteiger partial charge in [0.2, 0.25) is 11.8 Å². The van der Waals surface area contributed by atoms with Crippen molar-refractivity contribution in [2.24, 2.45) is 5.92 Å². The number of thioether (sulfide) groups is 1. The van der Waals surface area contributed by atoms with E-state index >= 15 is 0 Å². The van der Waals surface area contributed by atoms with Crippen LogP contribution >= 0.6 is 11.8 Å². The Hall–Kier alpha value is -4.49. The fourth-order valence-corrected chi connectivity index (χ4v) is 5.99. The topological polar surface area (TPSA) is 145 Å². The largest absolute Gasteiger partial charge is 0.484 e. The Labute approximate surface area is 262 Å². The van der Waals surface area contributed by atoms with Crippen molar-refractivity contribution in [3.8, 4) is 5.75 Å². The van der Waals surface area contributed by atoms with Gasteiger partial charge >= 0.3 is 5.97 Å². The molecule has 3 aromatic carbocycles. The highest BCUT2D eigenvalue weighted by Crippen LogP contribution is 2.46. The number of anilines is 1. The molecule has 3 amide bonds. The molecule has 0 saturated carbocycles. The van der Waals surface area contributed by atoms with Gasteiger partial charge in [0.25, 0.3) is 5.91 Å². The zero-order valence-corrected chi connectivity index (χ0v) is 25.3. The molecule has 0 aromatic heterocycles. The number of nitrogens with one attached hydrogen (secondary N) is 2. The summed E-state index contributed by atoms with van der Waals surface area (Å²) in [7, 11) is 0. The van der Waals surface area contributed by atoms with Crippen LogP contribution in [-0.2, 0) is 19.2 Å². The van der Waals surface area contributed by atoms with Crippen molar-refractivity contribution in [1.82, 2.24) is 10.6 Å². The van der Waals surface area contributed by atoms with Crippen LogP contribution in [0.3, 0.4) is 0 Å². The van der Waals surface area contributed by atoms with Crippen molar-refractivity contribution in [3.63, 3.8) is 0 Å². The summed E-state index contributed by atoms with van der Waals surface area (Å²) in [5.41, 5.74) is 1.76. The number of aliphatic carboxylic acids is 1. The van der Waals surface area contributed by atoms with Crippen LogP contribution in [0.15, 0.2) is 72.8 Å². The highest BCUT2D eigenvalue weighted by Gasteiger charge is 2.49. The molecule has 1 saturated heterocycles. The second-order valence-corrected chi connectivity index (χ2v) is 11.9. The molecule has 238 valence electrons. The summed E-state index contributed by atoms with van der Waals surface area (Å²) >= 11 is 1.26. The first-order chi connectivity index (χ1) is 21.4. The normalized spacial score (nSPS) is 17.3. The summed E-state index contributed by atoms with van der Waals surface area (Å²) in [6.45, 7) is 2.49. The van der Waals surface area contributed by atoms with E-state index < -0.39 is 66.0 Å². The number of nitrogens with zero attached hydrogens (tertiary/aromatic N) is 1. The molecule has 0 unspecified atom stereocenters. The maximum Gasteiger partial charge on any atom is 0.326 e. The summed E-state index contributed by atoms with van der Waals surface area (Å²) in [5.74, 6) is -3.29. The lowest BCUT2D eigenvalue weighted by Crippen LogP contribution is -2.57. The summed E-state index contributed by atoms with van der Waals surface area (Å²) in [4.78, 5) is 50.3. The quantitative estimate of drug-likeness (QED) is 0.196. The zero-order valence-electron chi connectivity index (χ0n) is 24.5. The van der Waals surface area contributed by atoms with E-state index in [0.717, 1.165) is 5.56 Å². The van der Waals surface area contributed by atoms with Crippen molar-refractivity contribution in [2.75, 3.05) is 23.8 Å². The molecule has 1 aliphatic rings. The number of hydrogen-bond donors (Lipinski definition) is 4. The van der Waals surface area contributed by atoms with Crippen LogP contribution in [0.2, 0.25) is 0 Å². The molecule has 4 N–H and O–H groups in total. The number of aliphatic hydroxyl groups excluding tert-OH is 1. The smallest absolute Gasteiger partial charge is 0.326 e. The van der Waals surface area contributed by atoms with E-state index in [-0.39, 0.29) is 17.6 Å². The van der Waals surface area contributed by atoms with Gasteiger partial charge in [-0.1, -0.05) is 38.1 Å². The van der Waals surface area contributed by atoms with Crippen LogP contribution in [0.4, 0.5) is 14.5 Å². The molecule has 0 bridgehead atoms. The Morgan fingerprint density at radius 1 is 0.933 bits per heavy atom. The van der Waals surface area contributed by atoms with Crippen molar-refractivity contribution in [3.05, 3.63) is 95.6 Å². The predicted octanol–water partition coefficient (Wildman–Crippen LogP) is 3.61. The number of carbonyl (C=O) groups excluding carboxylic acids is 3. The van der Waals surface area contributed by atoms with Crippen LogP contribution in [0.5, 0.6) is 5.75 Å². The molecule has 4 atom stereocenters. The zero-order chi connectivity index (χ0) is 32.7. The third kappa shape index (κ3) is 8.58. The number of carboxylic acids is 1. The summed E-state index contributed by atoms with van der Waals surface area (Å²) < 4.78 is 32.4. The summed E-state index contributed by atoms with van der Waals surface area (Å²) in [5, 5.41) is 24.0. The number of benzene rings is 3. The van der Waals surface area contributed by atoms with Crippen LogP contribution in [0.1, 0.15) is 37.1 Å². The lowest BCUT2D eigenvalue weighted by atomic mass is 9.92. The first kappa shape index (κ1) is 33.4. The molecule has 1 heterocycles. The maximum atomic E-state index is 13.6. The van der Waals surface area contributed by atoms with Gasteiger partial charge in [0.05, 0.1) is 18.7 Å². The van der Waals surface area contributed by atoms with Crippen molar-refractivity contribution >= 4 is 41.1 Å². The second kappa shape index (κ2) is 15.0. The molecule has 45 heavy (non-hydrogen) atoms. The molecule has 3 aromatic rings. The van der Waals surface area contributed by atoms with Gasteiger partial charge in [-0.05, 0) is 65.6 Å². The monoisotopic (exact) mass is 641 g/mol. The van der Waals surface area contributed by atoms with Crippen molar-refractivity contribution in [2.45, 2.75) is 37.3 Å². The number of hydrogen-bond acceptors (Lipinski definition) is 7. The fraction of sp³-hybridized carbons (Fsp3) is 0.312. The van der Waals surface area contributed by atoms with Crippen LogP contribution in [-0.4, -0.2) is 64.1 Å². The highest BCUT2D eigenvalue weighted by molar-refractivity contribution is 8.00. The number of carboxylic acid groups (broad SMARTS) is 1. The molecule has 1 fully saturated rings. The molecule has 1 aliphatic heterocycles. The fourth-order valence-electron chi connectivity index (χ4n) is 4.69. The second-order valence-electron chi connectivity index (χ2n) is 10.7. The van der Waals surface area contributed by atoms with E-state index in [0.29, 0.717) is 17.0 Å². The van der Waals surface area contributed by atoms with Gasteiger partial charge in [-0.25, -0.2) is 13.6 Å². The molecular weight excluding hydrogens is 608 g/mol. The first-order valence-electron chi connectivity index (χ1n) is 14.1. The van der Waals surface area contributed by atoms with Gasteiger partial charge in [-0.15, -0.1) is 11.8 Å². The van der Waals surface area contributed by atoms with E-state index in [1.54, 1.807) is 43.0 Å². The number of rotatable bonds is 14. The number of halogens is 2. The van der Waals surface area contributed by atoms with E-state index in [1.165, 1.54) is 60.3 Å². The Kier molecular flexibility index (Phi) is 11.1. The number of amides is 3. The molecule has 13 heteroatoms. The van der Waals surface area contributed by atoms with Crippen LogP contribution < -0.4 is 20.3 Å². The Morgan fingerprint density at radius 3 is 2.11 bits per heavy atom. The van der Waals surface area contributed by atoms with E-state index in [2.05, 4.69) is 10.6 Å². The summed E-state index contributed by atoms with van der Waals surface area (Å²) in [6.07, 6.45) is -0.925. The number of β-lactam (4-membered cyclic amide) rings is 1. The Bertz CT molecular complexity index is 1500. The lowest BCUT2D eigenvalue weighted by Gasteiger charge is -2.47. The molecule has 0 spiro atoms. The highest BCUT2D eigenvalue weighted by atomic mass is 32.2. The average Bonchev–Trinajstić information content (AvgIpc) is 3.01. The molecular formula is C32H33F2N3O7S. The number of aliphatic hydroxyl groups is 1. The van der Waals surface area contributed by atoms with Gasteiger partial charge in [-0.2, -0.15) is 0 Å². The van der Waals surface area contributed by atoms with E-state index in [1.807, 2.05) is 0 Å². The third-order valence-corrected chi connectivity index (χ3v) is 8.45.